The standard InChI is InChI=1S/C23H23FN4O2S/c1-29-19-8-9-20(22(14-19)30-2)21-15-31-23(26-18-6-4-17(24)5-7-18)28(21)12-3-11-27-13-10-25-16-27/h4-10,13-16H,3,11-12H2,1-2H3. The Morgan fingerprint density at radius 1 is 1.06 bits per heavy atom. The van der Waals surface area contributed by atoms with Gasteiger partial charge in [-0.25, -0.2) is 14.4 Å². The number of halogens is 1. The van der Waals surface area contributed by atoms with E-state index in [1.807, 2.05) is 30.7 Å². The van der Waals surface area contributed by atoms with Crippen LogP contribution in [-0.4, -0.2) is 28.3 Å². The lowest BCUT2D eigenvalue weighted by molar-refractivity contribution is 0.395. The van der Waals surface area contributed by atoms with E-state index >= 15 is 0 Å². The first-order valence-electron chi connectivity index (χ1n) is 9.84. The third-order valence-corrected chi connectivity index (χ3v) is 5.75. The zero-order valence-corrected chi connectivity index (χ0v) is 18.2. The predicted molar refractivity (Wildman–Crippen MR) is 119 cm³/mol. The molecule has 0 atom stereocenters. The van der Waals surface area contributed by atoms with Crippen LogP contribution in [0.1, 0.15) is 6.42 Å². The van der Waals surface area contributed by atoms with Gasteiger partial charge in [-0.15, -0.1) is 11.3 Å². The first-order chi connectivity index (χ1) is 15.2. The summed E-state index contributed by atoms with van der Waals surface area (Å²) in [7, 11) is 3.28. The lowest BCUT2D eigenvalue weighted by atomic mass is 10.1. The molecule has 2 aromatic carbocycles. The molecule has 6 nitrogen and oxygen atoms in total. The Balaban J connectivity index is 1.74. The number of benzene rings is 2. The van der Waals surface area contributed by atoms with Gasteiger partial charge in [0.25, 0.3) is 0 Å². The van der Waals surface area contributed by atoms with Gasteiger partial charge in [-0.3, -0.25) is 0 Å². The van der Waals surface area contributed by atoms with Crippen LogP contribution in [0.4, 0.5) is 10.1 Å². The van der Waals surface area contributed by atoms with Gasteiger partial charge in [0.2, 0.25) is 0 Å². The third-order valence-electron chi connectivity index (χ3n) is 4.89. The smallest absolute Gasteiger partial charge is 0.190 e. The molecule has 0 aliphatic rings. The minimum absolute atomic E-state index is 0.276. The van der Waals surface area contributed by atoms with Crippen molar-refractivity contribution in [1.29, 1.82) is 0 Å². The van der Waals surface area contributed by atoms with Crippen molar-refractivity contribution in [1.82, 2.24) is 14.1 Å². The predicted octanol–water partition coefficient (Wildman–Crippen LogP) is 4.89. The number of hydrogen-bond donors (Lipinski definition) is 0. The van der Waals surface area contributed by atoms with Crippen molar-refractivity contribution in [2.75, 3.05) is 14.2 Å². The van der Waals surface area contributed by atoms with Gasteiger partial charge in [0.1, 0.15) is 17.3 Å². The zero-order valence-electron chi connectivity index (χ0n) is 17.4. The summed E-state index contributed by atoms with van der Waals surface area (Å²) >= 11 is 1.54. The molecule has 0 unspecified atom stereocenters. The van der Waals surface area contributed by atoms with E-state index in [1.165, 1.54) is 12.1 Å². The maximum atomic E-state index is 13.3. The lowest BCUT2D eigenvalue weighted by Gasteiger charge is -2.13. The fraction of sp³-hybridized carbons (Fsp3) is 0.217. The number of imidazole rings is 1. The lowest BCUT2D eigenvalue weighted by Crippen LogP contribution is -2.17. The number of methoxy groups -OCH3 is 2. The minimum Gasteiger partial charge on any atom is -0.497 e. The molecule has 0 aliphatic heterocycles. The summed E-state index contributed by atoms with van der Waals surface area (Å²) in [5.74, 6) is 1.19. The van der Waals surface area contributed by atoms with Gasteiger partial charge >= 0.3 is 0 Å². The molecular weight excluding hydrogens is 415 g/mol. The van der Waals surface area contributed by atoms with Gasteiger partial charge in [-0.05, 0) is 42.8 Å². The van der Waals surface area contributed by atoms with E-state index in [1.54, 1.807) is 43.9 Å². The van der Waals surface area contributed by atoms with Gasteiger partial charge in [-0.1, -0.05) is 0 Å². The Bertz CT molecular complexity index is 1200. The van der Waals surface area contributed by atoms with Crippen LogP contribution in [0.15, 0.2) is 71.6 Å². The summed E-state index contributed by atoms with van der Waals surface area (Å²) in [6, 6.07) is 12.0. The number of ether oxygens (including phenoxy) is 2. The SMILES string of the molecule is COc1ccc(-c2csc(=Nc3ccc(F)cc3)n2CCCn2ccnc2)c(OC)c1. The van der Waals surface area contributed by atoms with Gasteiger partial charge < -0.3 is 18.6 Å². The molecule has 0 saturated carbocycles. The van der Waals surface area contributed by atoms with Crippen LogP contribution < -0.4 is 14.3 Å². The number of aryl methyl sites for hydroxylation is 1. The molecule has 0 fully saturated rings. The van der Waals surface area contributed by atoms with E-state index in [2.05, 4.69) is 19.5 Å². The first kappa shape index (κ1) is 20.9. The Kier molecular flexibility index (Phi) is 6.47. The van der Waals surface area contributed by atoms with Crippen LogP contribution in [0.3, 0.4) is 0 Å². The van der Waals surface area contributed by atoms with Gasteiger partial charge in [-0.2, -0.15) is 0 Å². The topological polar surface area (TPSA) is 53.6 Å². The number of rotatable bonds is 8. The van der Waals surface area contributed by atoms with Crippen molar-refractivity contribution in [3.63, 3.8) is 0 Å². The van der Waals surface area contributed by atoms with E-state index < -0.39 is 0 Å². The van der Waals surface area contributed by atoms with Crippen LogP contribution in [-0.2, 0) is 13.1 Å². The fourth-order valence-electron chi connectivity index (χ4n) is 3.32. The largest absolute Gasteiger partial charge is 0.497 e. The van der Waals surface area contributed by atoms with Crippen molar-refractivity contribution >= 4 is 17.0 Å². The molecule has 8 heteroatoms. The van der Waals surface area contributed by atoms with Crippen LogP contribution >= 0.6 is 11.3 Å². The molecule has 2 aromatic heterocycles. The molecule has 4 rings (SSSR count). The summed E-state index contributed by atoms with van der Waals surface area (Å²) in [5.41, 5.74) is 2.68. The summed E-state index contributed by atoms with van der Waals surface area (Å²) < 4.78 is 28.5. The Morgan fingerprint density at radius 3 is 2.61 bits per heavy atom. The molecular formula is C23H23FN4O2S. The fourth-order valence-corrected chi connectivity index (χ4v) is 4.26. The van der Waals surface area contributed by atoms with E-state index in [9.17, 15) is 4.39 Å². The Hall–Kier alpha value is -3.39. The number of nitrogens with zero attached hydrogens (tertiary/aromatic N) is 4. The summed E-state index contributed by atoms with van der Waals surface area (Å²) in [6.45, 7) is 1.60. The van der Waals surface area contributed by atoms with E-state index in [0.29, 0.717) is 5.69 Å². The van der Waals surface area contributed by atoms with Crippen molar-refractivity contribution in [3.05, 3.63) is 77.2 Å². The third kappa shape index (κ3) is 4.86. The molecule has 0 bridgehead atoms. The molecule has 0 radical (unpaired) electrons. The van der Waals surface area contributed by atoms with Gasteiger partial charge in [0.05, 0.1) is 31.9 Å². The molecule has 0 aliphatic carbocycles. The van der Waals surface area contributed by atoms with Gasteiger partial charge in [0, 0.05) is 42.5 Å². The second-order valence-corrected chi connectivity index (χ2v) is 7.70. The second-order valence-electron chi connectivity index (χ2n) is 6.86. The molecule has 31 heavy (non-hydrogen) atoms. The van der Waals surface area contributed by atoms with Crippen molar-refractivity contribution in [2.45, 2.75) is 19.5 Å². The maximum absolute atomic E-state index is 13.3. The molecule has 160 valence electrons. The Labute approximate surface area is 183 Å². The second kappa shape index (κ2) is 9.61. The number of aromatic nitrogens is 3. The highest BCUT2D eigenvalue weighted by Crippen LogP contribution is 2.33. The highest BCUT2D eigenvalue weighted by atomic mass is 32.1. The maximum Gasteiger partial charge on any atom is 0.190 e. The van der Waals surface area contributed by atoms with Crippen molar-refractivity contribution < 1.29 is 13.9 Å². The first-order valence-corrected chi connectivity index (χ1v) is 10.7. The van der Waals surface area contributed by atoms with E-state index in [4.69, 9.17) is 14.5 Å². The highest BCUT2D eigenvalue weighted by molar-refractivity contribution is 7.07. The number of thiazole rings is 1. The molecule has 4 aromatic rings. The minimum atomic E-state index is -0.276. The van der Waals surface area contributed by atoms with Crippen LogP contribution in [0.5, 0.6) is 11.5 Å². The van der Waals surface area contributed by atoms with E-state index in [-0.39, 0.29) is 5.82 Å². The zero-order chi connectivity index (χ0) is 21.6. The Morgan fingerprint density at radius 2 is 1.90 bits per heavy atom. The van der Waals surface area contributed by atoms with Crippen LogP contribution in [0.2, 0.25) is 0 Å². The summed E-state index contributed by atoms with van der Waals surface area (Å²) in [4.78, 5) is 9.70. The van der Waals surface area contributed by atoms with Crippen molar-refractivity contribution in [2.24, 2.45) is 4.99 Å². The van der Waals surface area contributed by atoms with Crippen LogP contribution in [0, 0.1) is 5.82 Å². The molecule has 0 amide bonds. The van der Waals surface area contributed by atoms with Crippen molar-refractivity contribution in [3.8, 4) is 22.8 Å². The average Bonchev–Trinajstić information content (AvgIpc) is 3.45. The van der Waals surface area contributed by atoms with Gasteiger partial charge in [0.15, 0.2) is 4.80 Å². The number of hydrogen-bond acceptors (Lipinski definition) is 5. The highest BCUT2D eigenvalue weighted by Gasteiger charge is 2.14. The quantitative estimate of drug-likeness (QED) is 0.394. The normalized spacial score (nSPS) is 11.6. The molecule has 0 saturated heterocycles. The molecule has 2 heterocycles. The van der Waals surface area contributed by atoms with E-state index in [0.717, 1.165) is 47.1 Å². The monoisotopic (exact) mass is 438 g/mol. The summed E-state index contributed by atoms with van der Waals surface area (Å²) in [6.07, 6.45) is 6.45. The average molecular weight is 439 g/mol. The molecule has 0 N–H and O–H groups in total. The van der Waals surface area contributed by atoms with Crippen LogP contribution in [0.25, 0.3) is 11.3 Å². The summed E-state index contributed by atoms with van der Waals surface area (Å²) in [5, 5.41) is 2.07. The molecule has 0 spiro atoms.